The van der Waals surface area contributed by atoms with E-state index in [1.807, 2.05) is 6.92 Å². The molecule has 1 unspecified atom stereocenters. The summed E-state index contributed by atoms with van der Waals surface area (Å²) < 4.78 is 36.0. The van der Waals surface area contributed by atoms with Gasteiger partial charge in [-0.3, -0.25) is 0 Å². The van der Waals surface area contributed by atoms with Crippen molar-refractivity contribution in [3.8, 4) is 0 Å². The first-order chi connectivity index (χ1) is 7.44. The second-order valence-electron chi connectivity index (χ2n) is 3.65. The molecule has 1 heterocycles. The fourth-order valence-electron chi connectivity index (χ4n) is 1.56. The zero-order valence-electron chi connectivity index (χ0n) is 9.27. The molecule has 16 heavy (non-hydrogen) atoms. The van der Waals surface area contributed by atoms with Crippen LogP contribution in [0.15, 0.2) is 5.51 Å². The molecule has 6 heteroatoms. The molecule has 1 aromatic heterocycles. The predicted octanol–water partition coefficient (Wildman–Crippen LogP) is 3.44. The van der Waals surface area contributed by atoms with E-state index in [0.29, 0.717) is 6.42 Å². The van der Waals surface area contributed by atoms with Crippen LogP contribution in [0.5, 0.6) is 0 Å². The number of hydrogen-bond acceptors (Lipinski definition) is 3. The first-order valence-electron chi connectivity index (χ1n) is 5.08. The predicted molar refractivity (Wildman–Crippen MR) is 58.6 cm³/mol. The second-order valence-corrected chi connectivity index (χ2v) is 4.54. The Kier molecular flexibility index (Phi) is 4.73. The van der Waals surface area contributed by atoms with E-state index in [-0.39, 0.29) is 12.5 Å². The lowest BCUT2D eigenvalue weighted by atomic mass is 10.1. The summed E-state index contributed by atoms with van der Waals surface area (Å²) in [5, 5.41) is 3.03. The van der Waals surface area contributed by atoms with Crippen LogP contribution in [0.2, 0.25) is 0 Å². The summed E-state index contributed by atoms with van der Waals surface area (Å²) in [5.74, 6) is 0. The number of aryl methyl sites for hydroxylation is 1. The second kappa shape index (κ2) is 5.63. The third kappa shape index (κ3) is 4.09. The maximum Gasteiger partial charge on any atom is 0.389 e. The van der Waals surface area contributed by atoms with Crippen molar-refractivity contribution in [3.63, 3.8) is 0 Å². The van der Waals surface area contributed by atoms with E-state index < -0.39 is 12.6 Å². The van der Waals surface area contributed by atoms with Crippen molar-refractivity contribution in [1.82, 2.24) is 10.3 Å². The molecule has 0 fully saturated rings. The molecule has 92 valence electrons. The first kappa shape index (κ1) is 13.4. The van der Waals surface area contributed by atoms with Crippen molar-refractivity contribution in [3.05, 3.63) is 16.1 Å². The number of aromatic nitrogens is 1. The molecule has 0 radical (unpaired) electrons. The quantitative estimate of drug-likeness (QED) is 0.868. The average molecular weight is 252 g/mol. The molecule has 0 aromatic carbocycles. The van der Waals surface area contributed by atoms with Crippen molar-refractivity contribution in [2.75, 3.05) is 7.05 Å². The summed E-state index contributed by atoms with van der Waals surface area (Å²) >= 11 is 1.49. The van der Waals surface area contributed by atoms with Crippen LogP contribution < -0.4 is 5.32 Å². The zero-order chi connectivity index (χ0) is 12.2. The third-order valence-electron chi connectivity index (χ3n) is 2.40. The van der Waals surface area contributed by atoms with E-state index in [9.17, 15) is 13.2 Å². The minimum Gasteiger partial charge on any atom is -0.312 e. The normalized spacial score (nSPS) is 14.1. The van der Waals surface area contributed by atoms with Gasteiger partial charge in [-0.15, -0.1) is 11.3 Å². The number of nitrogens with zero attached hydrogens (tertiary/aromatic N) is 1. The lowest BCUT2D eigenvalue weighted by Gasteiger charge is -2.15. The maximum absolute atomic E-state index is 12.0. The number of hydrogen-bond donors (Lipinski definition) is 1. The molecule has 0 aliphatic carbocycles. The van der Waals surface area contributed by atoms with Gasteiger partial charge in [-0.05, 0) is 26.8 Å². The smallest absolute Gasteiger partial charge is 0.312 e. The molecule has 0 saturated heterocycles. The Labute approximate surface area is 96.9 Å². The van der Waals surface area contributed by atoms with E-state index >= 15 is 0 Å². The Morgan fingerprint density at radius 2 is 2.19 bits per heavy atom. The Morgan fingerprint density at radius 3 is 2.62 bits per heavy atom. The van der Waals surface area contributed by atoms with E-state index in [1.165, 1.54) is 11.3 Å². The van der Waals surface area contributed by atoms with Gasteiger partial charge in [0, 0.05) is 17.3 Å². The van der Waals surface area contributed by atoms with Gasteiger partial charge in [0.05, 0.1) is 11.2 Å². The molecule has 1 rings (SSSR count). The van der Waals surface area contributed by atoms with Gasteiger partial charge in [-0.25, -0.2) is 4.98 Å². The topological polar surface area (TPSA) is 24.9 Å². The highest BCUT2D eigenvalue weighted by atomic mass is 32.1. The van der Waals surface area contributed by atoms with Crippen LogP contribution in [0, 0.1) is 6.92 Å². The molecule has 1 atom stereocenters. The Balaban J connectivity index is 2.48. The number of rotatable bonds is 5. The highest BCUT2D eigenvalue weighted by molar-refractivity contribution is 7.09. The van der Waals surface area contributed by atoms with Gasteiger partial charge < -0.3 is 5.32 Å². The Morgan fingerprint density at radius 1 is 1.50 bits per heavy atom. The van der Waals surface area contributed by atoms with Gasteiger partial charge in [0.1, 0.15) is 0 Å². The van der Waals surface area contributed by atoms with E-state index in [2.05, 4.69) is 10.3 Å². The molecule has 0 aliphatic heterocycles. The first-order valence-corrected chi connectivity index (χ1v) is 5.96. The highest BCUT2D eigenvalue weighted by Crippen LogP contribution is 2.29. The fourth-order valence-corrected chi connectivity index (χ4v) is 2.51. The molecule has 0 aliphatic rings. The van der Waals surface area contributed by atoms with Gasteiger partial charge in [0.2, 0.25) is 0 Å². The van der Waals surface area contributed by atoms with Crippen molar-refractivity contribution in [1.29, 1.82) is 0 Å². The molecule has 0 saturated carbocycles. The Bertz CT molecular complexity index is 322. The minimum absolute atomic E-state index is 0.0187. The summed E-state index contributed by atoms with van der Waals surface area (Å²) in [6.07, 6.45) is -4.14. The fraction of sp³-hybridized carbons (Fsp3) is 0.700. The number of halogens is 3. The van der Waals surface area contributed by atoms with Gasteiger partial charge in [-0.1, -0.05) is 0 Å². The molecule has 0 spiro atoms. The molecule has 2 nitrogen and oxygen atoms in total. The van der Waals surface area contributed by atoms with E-state index in [4.69, 9.17) is 0 Å². The third-order valence-corrected chi connectivity index (χ3v) is 3.45. The van der Waals surface area contributed by atoms with Crippen LogP contribution in [0.25, 0.3) is 0 Å². The average Bonchev–Trinajstić information content (AvgIpc) is 2.58. The molecule has 0 amide bonds. The summed E-state index contributed by atoms with van der Waals surface area (Å²) in [6, 6.07) is -0.0187. The van der Waals surface area contributed by atoms with Crippen molar-refractivity contribution >= 4 is 11.3 Å². The summed E-state index contributed by atoms with van der Waals surface area (Å²) in [6.45, 7) is 1.87. The van der Waals surface area contributed by atoms with Gasteiger partial charge in [0.25, 0.3) is 0 Å². The number of alkyl halides is 3. The molecule has 0 bridgehead atoms. The van der Waals surface area contributed by atoms with Crippen molar-refractivity contribution in [2.45, 2.75) is 38.4 Å². The lowest BCUT2D eigenvalue weighted by Crippen LogP contribution is -2.17. The summed E-state index contributed by atoms with van der Waals surface area (Å²) in [7, 11) is 1.76. The van der Waals surface area contributed by atoms with Crippen molar-refractivity contribution < 1.29 is 13.2 Å². The number of thiazole rings is 1. The van der Waals surface area contributed by atoms with Crippen molar-refractivity contribution in [2.24, 2.45) is 0 Å². The van der Waals surface area contributed by atoms with Gasteiger partial charge in [0.15, 0.2) is 0 Å². The van der Waals surface area contributed by atoms with E-state index in [1.54, 1.807) is 12.6 Å². The number of nitrogens with one attached hydrogen (secondary N) is 1. The Hall–Kier alpha value is -0.620. The SMILES string of the molecule is CNC(CCCC(F)(F)F)c1scnc1C. The van der Waals surface area contributed by atoms with E-state index in [0.717, 1.165) is 10.6 Å². The van der Waals surface area contributed by atoms with Crippen LogP contribution in [0.4, 0.5) is 13.2 Å². The summed E-state index contributed by atoms with van der Waals surface area (Å²) in [5.41, 5.74) is 2.62. The lowest BCUT2D eigenvalue weighted by molar-refractivity contribution is -0.135. The zero-order valence-corrected chi connectivity index (χ0v) is 10.1. The molecule has 1 N–H and O–H groups in total. The van der Waals surface area contributed by atoms with Crippen LogP contribution >= 0.6 is 11.3 Å². The monoisotopic (exact) mass is 252 g/mol. The van der Waals surface area contributed by atoms with Crippen LogP contribution in [0.1, 0.15) is 35.9 Å². The molecular weight excluding hydrogens is 237 g/mol. The summed E-state index contributed by atoms with van der Waals surface area (Å²) in [4.78, 5) is 5.13. The van der Waals surface area contributed by atoms with Gasteiger partial charge >= 0.3 is 6.18 Å². The molecular formula is C10H15F3N2S. The maximum atomic E-state index is 12.0. The van der Waals surface area contributed by atoms with Crippen LogP contribution in [-0.4, -0.2) is 18.2 Å². The highest BCUT2D eigenvalue weighted by Gasteiger charge is 2.27. The van der Waals surface area contributed by atoms with Crippen LogP contribution in [-0.2, 0) is 0 Å². The van der Waals surface area contributed by atoms with Crippen LogP contribution in [0.3, 0.4) is 0 Å². The largest absolute Gasteiger partial charge is 0.389 e. The molecule has 1 aromatic rings. The van der Waals surface area contributed by atoms with Gasteiger partial charge in [-0.2, -0.15) is 13.2 Å². The standard InChI is InChI=1S/C10H15F3N2S/c1-7-9(16-6-15-7)8(14-2)4-3-5-10(11,12)13/h6,8,14H,3-5H2,1-2H3. The minimum atomic E-state index is -4.05.